The van der Waals surface area contributed by atoms with Crippen LogP contribution in [0.3, 0.4) is 0 Å². The maximum Gasteiger partial charge on any atom is -0.00799 e. The zero-order valence-corrected chi connectivity index (χ0v) is 12.7. The molecule has 0 aliphatic rings. The molecule has 2 nitrogen and oxygen atoms in total. The molecule has 0 aromatic carbocycles. The topological polar surface area (TPSA) is 35.1 Å². The van der Waals surface area contributed by atoms with Gasteiger partial charge in [-0.25, -0.2) is 0 Å². The molecule has 0 fully saturated rings. The van der Waals surface area contributed by atoms with Crippen molar-refractivity contribution in [1.29, 1.82) is 0 Å². The lowest BCUT2D eigenvalue weighted by atomic mass is 10.0. The molecule has 0 saturated heterocycles. The van der Waals surface area contributed by atoms with Gasteiger partial charge in [-0.1, -0.05) is 90.9 Å². The molecule has 0 spiro atoms. The summed E-state index contributed by atoms with van der Waals surface area (Å²) in [6.07, 6.45) is 17.6. The van der Waals surface area contributed by atoms with E-state index in [1.54, 1.807) is 0 Å². The minimum absolute atomic E-state index is 0.146. The largest absolute Gasteiger partial charge is 0.788 e. The summed E-state index contributed by atoms with van der Waals surface area (Å²) in [5.74, 6) is 0. The highest BCUT2D eigenvalue weighted by Crippen LogP contribution is 2.12. The Morgan fingerprint density at radius 2 is 1.11 bits per heavy atom. The standard InChI is InChI=1S/C16H34NO/c1-3-4-5-6-7-8-9-10-11-12-13-14-15-16(2)17-18/h16-17H,3-15H2,1-2H3/q-1. The van der Waals surface area contributed by atoms with Crippen molar-refractivity contribution in [2.45, 2.75) is 103 Å². The molecule has 0 rings (SSSR count). The SMILES string of the molecule is CCCCCCCCCCCCCCC(C)N[O-]. The van der Waals surface area contributed by atoms with Gasteiger partial charge in [0.1, 0.15) is 0 Å². The van der Waals surface area contributed by atoms with Gasteiger partial charge < -0.3 is 10.7 Å². The van der Waals surface area contributed by atoms with Crippen LogP contribution in [0.5, 0.6) is 0 Å². The molecule has 18 heavy (non-hydrogen) atoms. The predicted molar refractivity (Wildman–Crippen MR) is 81.7 cm³/mol. The van der Waals surface area contributed by atoms with Crippen LogP contribution in [0.2, 0.25) is 0 Å². The molecule has 0 amide bonds. The lowest BCUT2D eigenvalue weighted by Crippen LogP contribution is -2.18. The van der Waals surface area contributed by atoms with E-state index >= 15 is 0 Å². The summed E-state index contributed by atoms with van der Waals surface area (Å²) in [6.45, 7) is 4.24. The molecule has 1 N–H and O–H groups in total. The van der Waals surface area contributed by atoms with E-state index in [2.05, 4.69) is 12.4 Å². The Balaban J connectivity index is 2.94. The number of hydrogen-bond acceptors (Lipinski definition) is 2. The number of nitrogens with one attached hydrogen (secondary N) is 1. The smallest absolute Gasteiger partial charge is 0.00799 e. The molecule has 2 heteroatoms. The number of hydrogen-bond donors (Lipinski definition) is 1. The number of unbranched alkanes of at least 4 members (excludes halogenated alkanes) is 11. The molecule has 0 aliphatic carbocycles. The van der Waals surface area contributed by atoms with Crippen LogP contribution in [-0.2, 0) is 0 Å². The van der Waals surface area contributed by atoms with Crippen molar-refractivity contribution in [2.24, 2.45) is 0 Å². The van der Waals surface area contributed by atoms with Crippen molar-refractivity contribution in [3.05, 3.63) is 5.21 Å². The van der Waals surface area contributed by atoms with E-state index in [1.165, 1.54) is 77.0 Å². The van der Waals surface area contributed by atoms with E-state index < -0.39 is 0 Å². The van der Waals surface area contributed by atoms with Gasteiger partial charge in [0.15, 0.2) is 0 Å². The molecule has 0 saturated carbocycles. The third-order valence-electron chi connectivity index (χ3n) is 3.69. The molecule has 0 bridgehead atoms. The first-order chi connectivity index (χ1) is 8.81. The highest BCUT2D eigenvalue weighted by molar-refractivity contribution is 4.59. The van der Waals surface area contributed by atoms with Gasteiger partial charge in [0.2, 0.25) is 0 Å². The van der Waals surface area contributed by atoms with Gasteiger partial charge in [-0.05, 0) is 12.5 Å². The van der Waals surface area contributed by atoms with Gasteiger partial charge >= 0.3 is 0 Å². The average molecular weight is 256 g/mol. The molecular weight excluding hydrogens is 222 g/mol. The van der Waals surface area contributed by atoms with Crippen LogP contribution < -0.4 is 5.48 Å². The summed E-state index contributed by atoms with van der Waals surface area (Å²) in [4.78, 5) is 0. The quantitative estimate of drug-likeness (QED) is 0.326. The second-order valence-electron chi connectivity index (χ2n) is 5.70. The molecule has 0 aromatic rings. The second kappa shape index (κ2) is 15.0. The van der Waals surface area contributed by atoms with E-state index in [0.717, 1.165) is 6.42 Å². The molecule has 110 valence electrons. The molecule has 1 unspecified atom stereocenters. The highest BCUT2D eigenvalue weighted by atomic mass is 16.5. The zero-order valence-electron chi connectivity index (χ0n) is 12.7. The maximum absolute atomic E-state index is 10.3. The van der Waals surface area contributed by atoms with Gasteiger partial charge in [-0.2, -0.15) is 0 Å². The van der Waals surface area contributed by atoms with E-state index in [9.17, 15) is 5.21 Å². The summed E-state index contributed by atoms with van der Waals surface area (Å²) in [5, 5.41) is 10.3. The van der Waals surface area contributed by atoms with Crippen molar-refractivity contribution < 1.29 is 0 Å². The summed E-state index contributed by atoms with van der Waals surface area (Å²) in [6, 6.07) is 0.146. The fourth-order valence-corrected chi connectivity index (χ4v) is 2.35. The minimum Gasteiger partial charge on any atom is -0.788 e. The Kier molecular flexibility index (Phi) is 14.9. The van der Waals surface area contributed by atoms with Crippen molar-refractivity contribution >= 4 is 0 Å². The predicted octanol–water partition coefficient (Wildman–Crippen LogP) is 5.55. The monoisotopic (exact) mass is 256 g/mol. The Morgan fingerprint density at radius 3 is 1.50 bits per heavy atom. The highest BCUT2D eigenvalue weighted by Gasteiger charge is 1.96. The summed E-state index contributed by atoms with van der Waals surface area (Å²) >= 11 is 0. The van der Waals surface area contributed by atoms with Crippen LogP contribution in [-0.4, -0.2) is 6.04 Å². The molecule has 0 radical (unpaired) electrons. The lowest BCUT2D eigenvalue weighted by Gasteiger charge is -2.16. The van der Waals surface area contributed by atoms with Crippen LogP contribution in [0.25, 0.3) is 0 Å². The van der Waals surface area contributed by atoms with Gasteiger partial charge in [0, 0.05) is 0 Å². The van der Waals surface area contributed by atoms with Crippen LogP contribution in [0.4, 0.5) is 0 Å². The fraction of sp³-hybridized carbons (Fsp3) is 1.00. The lowest BCUT2D eigenvalue weighted by molar-refractivity contribution is 0.510. The molecule has 0 aliphatic heterocycles. The summed E-state index contributed by atoms with van der Waals surface area (Å²) < 4.78 is 0. The third-order valence-corrected chi connectivity index (χ3v) is 3.69. The van der Waals surface area contributed by atoms with Gasteiger partial charge in [0.05, 0.1) is 0 Å². The van der Waals surface area contributed by atoms with Crippen molar-refractivity contribution in [3.63, 3.8) is 0 Å². The minimum atomic E-state index is 0.146. The zero-order chi connectivity index (χ0) is 13.5. The first-order valence-electron chi connectivity index (χ1n) is 8.19. The normalized spacial score (nSPS) is 12.8. The second-order valence-corrected chi connectivity index (χ2v) is 5.70. The van der Waals surface area contributed by atoms with Crippen LogP contribution >= 0.6 is 0 Å². The van der Waals surface area contributed by atoms with Crippen LogP contribution in [0, 0.1) is 5.21 Å². The third kappa shape index (κ3) is 14.0. The van der Waals surface area contributed by atoms with Gasteiger partial charge in [-0.3, -0.25) is 0 Å². The van der Waals surface area contributed by atoms with E-state index in [0.29, 0.717) is 0 Å². The number of rotatable bonds is 14. The molecule has 1 atom stereocenters. The maximum atomic E-state index is 10.3. The Labute approximate surface area is 115 Å². The fourth-order valence-electron chi connectivity index (χ4n) is 2.35. The van der Waals surface area contributed by atoms with E-state index in [4.69, 9.17) is 0 Å². The molecule has 0 heterocycles. The van der Waals surface area contributed by atoms with Gasteiger partial charge in [0.25, 0.3) is 0 Å². The average Bonchev–Trinajstić information content (AvgIpc) is 2.39. The first-order valence-corrected chi connectivity index (χ1v) is 8.19. The Bertz CT molecular complexity index is 150. The van der Waals surface area contributed by atoms with Crippen molar-refractivity contribution in [1.82, 2.24) is 5.48 Å². The van der Waals surface area contributed by atoms with Gasteiger partial charge in [-0.15, -0.1) is 0 Å². The van der Waals surface area contributed by atoms with Crippen molar-refractivity contribution in [2.75, 3.05) is 0 Å². The summed E-state index contributed by atoms with van der Waals surface area (Å²) in [5.41, 5.74) is 2.05. The van der Waals surface area contributed by atoms with E-state index in [-0.39, 0.29) is 6.04 Å². The number of hydroxylamine groups is 1. The Hall–Kier alpha value is -0.0800. The Morgan fingerprint density at radius 1 is 0.722 bits per heavy atom. The molecular formula is C16H34NO-. The van der Waals surface area contributed by atoms with Crippen LogP contribution in [0.1, 0.15) is 97.3 Å². The van der Waals surface area contributed by atoms with E-state index in [1.807, 2.05) is 6.92 Å². The first kappa shape index (κ1) is 17.9. The van der Waals surface area contributed by atoms with Crippen LogP contribution in [0.15, 0.2) is 0 Å². The van der Waals surface area contributed by atoms with Crippen molar-refractivity contribution in [3.8, 4) is 0 Å². The summed E-state index contributed by atoms with van der Waals surface area (Å²) in [7, 11) is 0. The molecule has 0 aromatic heterocycles.